The van der Waals surface area contributed by atoms with E-state index < -0.39 is 0 Å². The number of rotatable bonds is 4. The molecule has 0 unspecified atom stereocenters. The van der Waals surface area contributed by atoms with Crippen molar-refractivity contribution in [2.75, 3.05) is 13.9 Å². The Kier molecular flexibility index (Phi) is 3.62. The molecule has 0 radical (unpaired) electrons. The largest absolute Gasteiger partial charge is 0.504 e. The standard InChI is InChI=1S/C14H14O3/c1-16-10-17-14-8-7-12(9-13(14)15)11-5-3-2-4-6-11/h2-9,15H,10H2,1H3. The van der Waals surface area contributed by atoms with E-state index in [4.69, 9.17) is 9.47 Å². The van der Waals surface area contributed by atoms with E-state index in [0.717, 1.165) is 11.1 Å². The minimum atomic E-state index is 0.114. The van der Waals surface area contributed by atoms with Gasteiger partial charge in [0.2, 0.25) is 0 Å². The van der Waals surface area contributed by atoms with Crippen molar-refractivity contribution in [3.63, 3.8) is 0 Å². The van der Waals surface area contributed by atoms with Crippen LogP contribution in [0.2, 0.25) is 0 Å². The Morgan fingerprint density at radius 3 is 2.41 bits per heavy atom. The fourth-order valence-corrected chi connectivity index (χ4v) is 1.57. The highest BCUT2D eigenvalue weighted by Gasteiger charge is 2.04. The average molecular weight is 230 g/mol. The molecule has 88 valence electrons. The second-order valence-corrected chi connectivity index (χ2v) is 3.60. The van der Waals surface area contributed by atoms with Crippen molar-refractivity contribution in [3.05, 3.63) is 48.5 Å². The molecule has 0 spiro atoms. The van der Waals surface area contributed by atoms with Gasteiger partial charge in [0.15, 0.2) is 18.3 Å². The van der Waals surface area contributed by atoms with Crippen LogP contribution in [-0.2, 0) is 4.74 Å². The molecule has 0 bridgehead atoms. The van der Waals surface area contributed by atoms with E-state index in [-0.39, 0.29) is 12.5 Å². The third-order valence-electron chi connectivity index (χ3n) is 2.40. The molecule has 2 aromatic rings. The lowest BCUT2D eigenvalue weighted by atomic mass is 10.1. The first-order chi connectivity index (χ1) is 8.31. The van der Waals surface area contributed by atoms with Crippen molar-refractivity contribution in [2.45, 2.75) is 0 Å². The summed E-state index contributed by atoms with van der Waals surface area (Å²) in [6, 6.07) is 15.2. The summed E-state index contributed by atoms with van der Waals surface area (Å²) in [5.74, 6) is 0.537. The summed E-state index contributed by atoms with van der Waals surface area (Å²) in [5.41, 5.74) is 2.01. The molecule has 0 heterocycles. The summed E-state index contributed by atoms with van der Waals surface area (Å²) >= 11 is 0. The predicted octanol–water partition coefficient (Wildman–Crippen LogP) is 3.04. The Balaban J connectivity index is 2.25. The van der Waals surface area contributed by atoms with Crippen molar-refractivity contribution in [1.82, 2.24) is 0 Å². The first-order valence-corrected chi connectivity index (χ1v) is 5.31. The highest BCUT2D eigenvalue weighted by molar-refractivity contribution is 5.66. The normalized spacial score (nSPS) is 10.2. The lowest BCUT2D eigenvalue weighted by Gasteiger charge is -2.08. The molecule has 0 aromatic heterocycles. The molecule has 0 aliphatic carbocycles. The Bertz CT molecular complexity index is 480. The predicted molar refractivity (Wildman–Crippen MR) is 66.0 cm³/mol. The van der Waals surface area contributed by atoms with E-state index in [0.29, 0.717) is 5.75 Å². The second-order valence-electron chi connectivity index (χ2n) is 3.60. The van der Waals surface area contributed by atoms with Crippen LogP contribution in [0.3, 0.4) is 0 Å². The maximum absolute atomic E-state index is 9.80. The molecule has 17 heavy (non-hydrogen) atoms. The van der Waals surface area contributed by atoms with Crippen molar-refractivity contribution < 1.29 is 14.6 Å². The van der Waals surface area contributed by atoms with Gasteiger partial charge in [-0.3, -0.25) is 0 Å². The number of benzene rings is 2. The summed E-state index contributed by atoms with van der Waals surface area (Å²) < 4.78 is 9.99. The van der Waals surface area contributed by atoms with E-state index >= 15 is 0 Å². The maximum atomic E-state index is 9.80. The van der Waals surface area contributed by atoms with Crippen LogP contribution in [0.1, 0.15) is 0 Å². The summed E-state index contributed by atoms with van der Waals surface area (Å²) in [6.07, 6.45) is 0. The van der Waals surface area contributed by atoms with E-state index in [9.17, 15) is 5.11 Å². The third kappa shape index (κ3) is 2.77. The van der Waals surface area contributed by atoms with E-state index in [1.165, 1.54) is 7.11 Å². The Morgan fingerprint density at radius 2 is 1.76 bits per heavy atom. The summed E-state index contributed by atoms with van der Waals surface area (Å²) in [5, 5.41) is 9.80. The van der Waals surface area contributed by atoms with Crippen LogP contribution in [0.4, 0.5) is 0 Å². The van der Waals surface area contributed by atoms with Gasteiger partial charge >= 0.3 is 0 Å². The molecule has 0 amide bonds. The molecular weight excluding hydrogens is 216 g/mol. The third-order valence-corrected chi connectivity index (χ3v) is 2.40. The zero-order valence-electron chi connectivity index (χ0n) is 9.59. The average Bonchev–Trinajstić information content (AvgIpc) is 2.38. The number of hydrogen-bond acceptors (Lipinski definition) is 3. The van der Waals surface area contributed by atoms with Crippen LogP contribution in [0.15, 0.2) is 48.5 Å². The van der Waals surface area contributed by atoms with E-state index in [1.54, 1.807) is 12.1 Å². The van der Waals surface area contributed by atoms with Gasteiger partial charge in [0.1, 0.15) is 0 Å². The van der Waals surface area contributed by atoms with Crippen molar-refractivity contribution in [2.24, 2.45) is 0 Å². The van der Waals surface area contributed by atoms with Crippen LogP contribution in [0.5, 0.6) is 11.5 Å². The maximum Gasteiger partial charge on any atom is 0.188 e. The van der Waals surface area contributed by atoms with E-state index in [2.05, 4.69) is 0 Å². The lowest BCUT2D eigenvalue weighted by molar-refractivity contribution is 0.0492. The van der Waals surface area contributed by atoms with Crippen molar-refractivity contribution >= 4 is 0 Å². The number of hydrogen-bond donors (Lipinski definition) is 1. The minimum absolute atomic E-state index is 0.114. The molecule has 3 heteroatoms. The lowest BCUT2D eigenvalue weighted by Crippen LogP contribution is -1.98. The molecule has 0 aliphatic rings. The number of ether oxygens (including phenoxy) is 2. The summed E-state index contributed by atoms with van der Waals surface area (Å²) in [6.45, 7) is 0.123. The Morgan fingerprint density at radius 1 is 1.00 bits per heavy atom. The van der Waals surface area contributed by atoms with Crippen molar-refractivity contribution in [1.29, 1.82) is 0 Å². The molecule has 1 N–H and O–H groups in total. The van der Waals surface area contributed by atoms with Crippen LogP contribution in [0, 0.1) is 0 Å². The van der Waals surface area contributed by atoms with Gasteiger partial charge in [-0.25, -0.2) is 0 Å². The number of phenols is 1. The topological polar surface area (TPSA) is 38.7 Å². The van der Waals surface area contributed by atoms with Gasteiger partial charge in [-0.15, -0.1) is 0 Å². The van der Waals surface area contributed by atoms with Crippen LogP contribution in [-0.4, -0.2) is 19.0 Å². The Hall–Kier alpha value is -2.00. The quantitative estimate of drug-likeness (QED) is 0.820. The van der Waals surface area contributed by atoms with Crippen molar-refractivity contribution in [3.8, 4) is 22.6 Å². The molecule has 0 saturated heterocycles. The minimum Gasteiger partial charge on any atom is -0.504 e. The zero-order chi connectivity index (χ0) is 12.1. The molecule has 2 aromatic carbocycles. The van der Waals surface area contributed by atoms with Gasteiger partial charge < -0.3 is 14.6 Å². The van der Waals surface area contributed by atoms with Gasteiger partial charge in [0.05, 0.1) is 0 Å². The highest BCUT2D eigenvalue weighted by Crippen LogP contribution is 2.31. The van der Waals surface area contributed by atoms with E-state index in [1.807, 2.05) is 36.4 Å². The van der Waals surface area contributed by atoms with Gasteiger partial charge in [0.25, 0.3) is 0 Å². The fourth-order valence-electron chi connectivity index (χ4n) is 1.57. The molecule has 3 nitrogen and oxygen atoms in total. The smallest absolute Gasteiger partial charge is 0.188 e. The van der Waals surface area contributed by atoms with Crippen LogP contribution in [0.25, 0.3) is 11.1 Å². The second kappa shape index (κ2) is 5.37. The molecule has 0 atom stereocenters. The van der Waals surface area contributed by atoms with Gasteiger partial charge in [-0.05, 0) is 23.3 Å². The molecule has 0 aliphatic heterocycles. The van der Waals surface area contributed by atoms with Crippen LogP contribution < -0.4 is 4.74 Å². The molecular formula is C14H14O3. The molecule has 0 saturated carbocycles. The summed E-state index contributed by atoms with van der Waals surface area (Å²) in [7, 11) is 1.54. The zero-order valence-corrected chi connectivity index (χ0v) is 9.59. The number of phenolic OH excluding ortho intramolecular Hbond substituents is 1. The first-order valence-electron chi connectivity index (χ1n) is 5.31. The highest BCUT2D eigenvalue weighted by atomic mass is 16.7. The van der Waals surface area contributed by atoms with Gasteiger partial charge in [-0.2, -0.15) is 0 Å². The molecule has 0 fully saturated rings. The molecule has 2 rings (SSSR count). The first kappa shape index (κ1) is 11.5. The summed E-state index contributed by atoms with van der Waals surface area (Å²) in [4.78, 5) is 0. The van der Waals surface area contributed by atoms with Gasteiger partial charge in [-0.1, -0.05) is 36.4 Å². The number of aromatic hydroxyl groups is 1. The van der Waals surface area contributed by atoms with Crippen LogP contribution >= 0.6 is 0 Å². The number of methoxy groups -OCH3 is 1. The SMILES string of the molecule is COCOc1ccc(-c2ccccc2)cc1O. The Labute approximate surface area is 100 Å². The fraction of sp³-hybridized carbons (Fsp3) is 0.143. The monoisotopic (exact) mass is 230 g/mol. The van der Waals surface area contributed by atoms with Gasteiger partial charge in [0, 0.05) is 7.11 Å².